The molecule has 0 unspecified atom stereocenters. The van der Waals surface area contributed by atoms with Gasteiger partial charge in [0.15, 0.2) is 5.82 Å². The third-order valence-electron chi connectivity index (χ3n) is 2.57. The Bertz CT molecular complexity index is 376. The van der Waals surface area contributed by atoms with E-state index in [1.807, 2.05) is 0 Å². The van der Waals surface area contributed by atoms with Crippen LogP contribution < -0.4 is 10.6 Å². The molecule has 1 heterocycles. The maximum atomic E-state index is 6.12. The van der Waals surface area contributed by atoms with E-state index in [1.165, 1.54) is 12.8 Å². The van der Waals surface area contributed by atoms with E-state index in [-0.39, 0.29) is 5.95 Å². The Labute approximate surface area is 101 Å². The summed E-state index contributed by atoms with van der Waals surface area (Å²) in [7, 11) is 0. The summed E-state index contributed by atoms with van der Waals surface area (Å²) in [6.07, 6.45) is 4.01. The van der Waals surface area contributed by atoms with Crippen molar-refractivity contribution in [1.29, 1.82) is 0 Å². The molecule has 2 rings (SSSR count). The van der Waals surface area contributed by atoms with Gasteiger partial charge >= 0.3 is 0 Å². The zero-order valence-electron chi connectivity index (χ0n) is 9.65. The van der Waals surface area contributed by atoms with Crippen LogP contribution >= 0.6 is 11.6 Å². The van der Waals surface area contributed by atoms with E-state index in [9.17, 15) is 0 Å². The van der Waals surface area contributed by atoms with Gasteiger partial charge in [-0.15, -0.1) is 0 Å². The topological polar surface area (TPSA) is 55.0 Å². The summed E-state index contributed by atoms with van der Waals surface area (Å²) in [5, 5.41) is 0.585. The molecule has 4 nitrogen and oxygen atoms in total. The SMILES string of the molecule is CC(C)CN(c1nc(N)ncc1Cl)C1CC1. The highest BCUT2D eigenvalue weighted by Crippen LogP contribution is 2.34. The average Bonchev–Trinajstić information content (AvgIpc) is 3.02. The maximum absolute atomic E-state index is 6.12. The van der Waals surface area contributed by atoms with Crippen LogP contribution in [0.3, 0.4) is 0 Å². The molecule has 0 spiro atoms. The number of halogens is 1. The summed E-state index contributed by atoms with van der Waals surface area (Å²) in [5.41, 5.74) is 5.61. The van der Waals surface area contributed by atoms with Crippen LogP contribution in [0.1, 0.15) is 26.7 Å². The smallest absolute Gasteiger partial charge is 0.222 e. The number of hydrogen-bond acceptors (Lipinski definition) is 4. The molecule has 16 heavy (non-hydrogen) atoms. The van der Waals surface area contributed by atoms with E-state index in [0.717, 1.165) is 12.4 Å². The molecule has 0 atom stereocenters. The number of nitrogens with two attached hydrogens (primary N) is 1. The quantitative estimate of drug-likeness (QED) is 0.878. The van der Waals surface area contributed by atoms with E-state index in [0.29, 0.717) is 17.0 Å². The van der Waals surface area contributed by atoms with Crippen LogP contribution in [0.2, 0.25) is 5.02 Å². The zero-order valence-corrected chi connectivity index (χ0v) is 10.4. The molecule has 1 saturated carbocycles. The lowest BCUT2D eigenvalue weighted by atomic mass is 10.2. The summed E-state index contributed by atoms with van der Waals surface area (Å²) in [5.74, 6) is 1.65. The van der Waals surface area contributed by atoms with Crippen molar-refractivity contribution in [2.75, 3.05) is 17.2 Å². The Morgan fingerprint density at radius 1 is 1.56 bits per heavy atom. The van der Waals surface area contributed by atoms with Gasteiger partial charge in [-0.3, -0.25) is 0 Å². The molecule has 0 radical (unpaired) electrons. The van der Waals surface area contributed by atoms with Crippen LogP contribution in [0.4, 0.5) is 11.8 Å². The number of anilines is 2. The number of nitrogens with zero attached hydrogens (tertiary/aromatic N) is 3. The number of aromatic nitrogens is 2. The van der Waals surface area contributed by atoms with Crippen molar-refractivity contribution in [2.24, 2.45) is 5.92 Å². The molecule has 1 aliphatic carbocycles. The van der Waals surface area contributed by atoms with Gasteiger partial charge in [-0.1, -0.05) is 25.4 Å². The summed E-state index contributed by atoms with van der Waals surface area (Å²) in [6.45, 7) is 5.34. The minimum absolute atomic E-state index is 0.286. The summed E-state index contributed by atoms with van der Waals surface area (Å²) >= 11 is 6.12. The first-order valence-corrected chi connectivity index (χ1v) is 6.00. The standard InChI is InChI=1S/C11H17ClN4/c1-7(2)6-16(8-3-4-8)10-9(12)5-14-11(13)15-10/h5,7-8H,3-4,6H2,1-2H3,(H2,13,14,15). The van der Waals surface area contributed by atoms with Crippen molar-refractivity contribution >= 4 is 23.4 Å². The number of rotatable bonds is 4. The molecule has 0 amide bonds. The van der Waals surface area contributed by atoms with E-state index >= 15 is 0 Å². The molecule has 5 heteroatoms. The predicted octanol–water partition coefficient (Wildman–Crippen LogP) is 2.34. The van der Waals surface area contributed by atoms with Gasteiger partial charge in [0.1, 0.15) is 5.02 Å². The molecule has 0 bridgehead atoms. The molecule has 1 aromatic rings. The van der Waals surface area contributed by atoms with E-state index < -0.39 is 0 Å². The van der Waals surface area contributed by atoms with Crippen molar-refractivity contribution in [3.05, 3.63) is 11.2 Å². The van der Waals surface area contributed by atoms with Crippen LogP contribution in [0.5, 0.6) is 0 Å². The number of hydrogen-bond donors (Lipinski definition) is 1. The molecule has 2 N–H and O–H groups in total. The highest BCUT2D eigenvalue weighted by molar-refractivity contribution is 6.32. The minimum atomic E-state index is 0.286. The van der Waals surface area contributed by atoms with Crippen molar-refractivity contribution in [3.8, 4) is 0 Å². The fraction of sp³-hybridized carbons (Fsp3) is 0.636. The Balaban J connectivity index is 2.26. The molecular weight excluding hydrogens is 224 g/mol. The molecular formula is C11H17ClN4. The molecule has 1 fully saturated rings. The summed E-state index contributed by atoms with van der Waals surface area (Å²) in [4.78, 5) is 10.4. The van der Waals surface area contributed by atoms with Crippen LogP contribution in [0, 0.1) is 5.92 Å². The molecule has 1 aromatic heterocycles. The van der Waals surface area contributed by atoms with Crippen LogP contribution in [0.15, 0.2) is 6.20 Å². The minimum Gasteiger partial charge on any atom is -0.368 e. The number of nitrogen functional groups attached to an aromatic ring is 1. The third-order valence-corrected chi connectivity index (χ3v) is 2.83. The van der Waals surface area contributed by atoms with Crippen molar-refractivity contribution < 1.29 is 0 Å². The van der Waals surface area contributed by atoms with E-state index in [2.05, 4.69) is 28.7 Å². The zero-order chi connectivity index (χ0) is 11.7. The normalized spacial score (nSPS) is 15.5. The molecule has 1 aliphatic rings. The van der Waals surface area contributed by atoms with E-state index in [1.54, 1.807) is 6.20 Å². The Morgan fingerprint density at radius 3 is 2.81 bits per heavy atom. The third kappa shape index (κ3) is 2.55. The van der Waals surface area contributed by atoms with Gasteiger partial charge in [-0.05, 0) is 18.8 Å². The summed E-state index contributed by atoms with van der Waals surface area (Å²) in [6, 6.07) is 0.578. The van der Waals surface area contributed by atoms with Gasteiger partial charge in [-0.25, -0.2) is 4.98 Å². The lowest BCUT2D eigenvalue weighted by Crippen LogP contribution is -2.31. The monoisotopic (exact) mass is 240 g/mol. The van der Waals surface area contributed by atoms with Crippen molar-refractivity contribution in [3.63, 3.8) is 0 Å². The first-order chi connectivity index (χ1) is 7.58. The maximum Gasteiger partial charge on any atom is 0.222 e. The lowest BCUT2D eigenvalue weighted by Gasteiger charge is -2.26. The molecule has 0 aliphatic heterocycles. The summed E-state index contributed by atoms with van der Waals surface area (Å²) < 4.78 is 0. The van der Waals surface area contributed by atoms with E-state index in [4.69, 9.17) is 17.3 Å². The van der Waals surface area contributed by atoms with Gasteiger partial charge in [0.25, 0.3) is 0 Å². The van der Waals surface area contributed by atoms with Crippen LogP contribution in [0.25, 0.3) is 0 Å². The van der Waals surface area contributed by atoms with Gasteiger partial charge < -0.3 is 10.6 Å². The average molecular weight is 241 g/mol. The fourth-order valence-corrected chi connectivity index (χ4v) is 1.96. The molecule has 88 valence electrons. The van der Waals surface area contributed by atoms with Crippen molar-refractivity contribution in [2.45, 2.75) is 32.7 Å². The van der Waals surface area contributed by atoms with Gasteiger partial charge in [-0.2, -0.15) is 4.98 Å². The molecule has 0 aromatic carbocycles. The second-order valence-corrected chi connectivity index (χ2v) is 5.08. The predicted molar refractivity (Wildman–Crippen MR) is 66.7 cm³/mol. The highest BCUT2D eigenvalue weighted by atomic mass is 35.5. The first kappa shape index (κ1) is 11.5. The Hall–Kier alpha value is -1.03. The van der Waals surface area contributed by atoms with Crippen LogP contribution in [-0.4, -0.2) is 22.6 Å². The first-order valence-electron chi connectivity index (χ1n) is 5.62. The van der Waals surface area contributed by atoms with Crippen molar-refractivity contribution in [1.82, 2.24) is 9.97 Å². The lowest BCUT2D eigenvalue weighted by molar-refractivity contribution is 0.602. The Kier molecular flexibility index (Phi) is 3.19. The van der Waals surface area contributed by atoms with Gasteiger partial charge in [0, 0.05) is 12.6 Å². The molecule has 0 saturated heterocycles. The van der Waals surface area contributed by atoms with Crippen LogP contribution in [-0.2, 0) is 0 Å². The van der Waals surface area contributed by atoms with Gasteiger partial charge in [0.05, 0.1) is 6.20 Å². The van der Waals surface area contributed by atoms with Gasteiger partial charge in [0.2, 0.25) is 5.95 Å². The largest absolute Gasteiger partial charge is 0.368 e. The highest BCUT2D eigenvalue weighted by Gasteiger charge is 2.31. The second-order valence-electron chi connectivity index (χ2n) is 4.68. The Morgan fingerprint density at radius 2 is 2.25 bits per heavy atom. The second kappa shape index (κ2) is 4.45. The fourth-order valence-electron chi connectivity index (χ4n) is 1.76.